The van der Waals surface area contributed by atoms with Crippen LogP contribution in [0.25, 0.3) is 0 Å². The first-order chi connectivity index (χ1) is 11.2. The van der Waals surface area contributed by atoms with Crippen LogP contribution in [0.5, 0.6) is 0 Å². The van der Waals surface area contributed by atoms with Gasteiger partial charge >= 0.3 is 5.97 Å². The Labute approximate surface area is 141 Å². The fraction of sp³-hybridized carbons (Fsp3) is 0.471. The van der Waals surface area contributed by atoms with Crippen LogP contribution in [0.1, 0.15) is 36.7 Å². The van der Waals surface area contributed by atoms with Crippen molar-refractivity contribution < 1.29 is 24.2 Å². The minimum atomic E-state index is -0.735. The highest BCUT2D eigenvalue weighted by Crippen LogP contribution is 2.13. The molecule has 3 N–H and O–H groups in total. The van der Waals surface area contributed by atoms with Crippen molar-refractivity contribution in [3.63, 3.8) is 0 Å². The molecule has 0 saturated heterocycles. The number of carbonyl (C=O) groups is 3. The average Bonchev–Trinajstić information content (AvgIpc) is 2.55. The molecule has 0 saturated carbocycles. The molecule has 7 heteroatoms. The minimum Gasteiger partial charge on any atom is -0.462 e. The second kappa shape index (κ2) is 9.02. The molecule has 0 fully saturated rings. The van der Waals surface area contributed by atoms with Gasteiger partial charge in [-0.15, -0.1) is 0 Å². The van der Waals surface area contributed by atoms with E-state index in [1.54, 1.807) is 18.2 Å². The van der Waals surface area contributed by atoms with E-state index in [0.29, 0.717) is 12.1 Å². The molecule has 0 unspecified atom stereocenters. The predicted octanol–water partition coefficient (Wildman–Crippen LogP) is 0.614. The molecule has 1 aromatic carbocycles. The maximum Gasteiger partial charge on any atom is 0.331 e. The van der Waals surface area contributed by atoms with Crippen LogP contribution in [0, 0.1) is 5.41 Å². The summed E-state index contributed by atoms with van der Waals surface area (Å²) in [6.07, 6.45) is 0. The van der Waals surface area contributed by atoms with Crippen LogP contribution in [-0.4, -0.2) is 42.6 Å². The number of carbonyl (C=O) groups excluding carboxylic acids is 3. The topological polar surface area (TPSA) is 105 Å². The molecule has 0 bridgehead atoms. The summed E-state index contributed by atoms with van der Waals surface area (Å²) in [7, 11) is 0. The summed E-state index contributed by atoms with van der Waals surface area (Å²) in [5.41, 5.74) is 0.791. The molecule has 0 aromatic heterocycles. The first-order valence-corrected chi connectivity index (χ1v) is 7.66. The van der Waals surface area contributed by atoms with Crippen molar-refractivity contribution in [1.82, 2.24) is 10.6 Å². The van der Waals surface area contributed by atoms with Gasteiger partial charge in [-0.2, -0.15) is 0 Å². The van der Waals surface area contributed by atoms with Crippen LogP contribution in [0.3, 0.4) is 0 Å². The Bertz CT molecular complexity index is 593. The van der Waals surface area contributed by atoms with Crippen molar-refractivity contribution in [2.75, 3.05) is 19.8 Å². The number of nitrogens with one attached hydrogen (secondary N) is 2. The molecule has 7 nitrogen and oxygen atoms in total. The quantitative estimate of drug-likeness (QED) is 0.500. The average molecular weight is 336 g/mol. The van der Waals surface area contributed by atoms with Gasteiger partial charge in [-0.1, -0.05) is 32.9 Å². The number of esters is 1. The third-order valence-electron chi connectivity index (χ3n) is 3.10. The Morgan fingerprint density at radius 2 is 1.88 bits per heavy atom. The van der Waals surface area contributed by atoms with E-state index >= 15 is 0 Å². The SMILES string of the molecule is CC(C)(C)C(=O)NCc1cccc(C(=O)NCCOC(=O)CO)c1. The number of ether oxygens (including phenoxy) is 1. The first-order valence-electron chi connectivity index (χ1n) is 7.66. The fourth-order valence-corrected chi connectivity index (χ4v) is 1.75. The summed E-state index contributed by atoms with van der Waals surface area (Å²) in [6, 6.07) is 6.91. The summed E-state index contributed by atoms with van der Waals surface area (Å²) in [4.78, 5) is 34.6. The van der Waals surface area contributed by atoms with E-state index < -0.39 is 18.0 Å². The number of hydrogen-bond donors (Lipinski definition) is 3. The van der Waals surface area contributed by atoms with Gasteiger partial charge in [0.25, 0.3) is 5.91 Å². The maximum absolute atomic E-state index is 12.0. The van der Waals surface area contributed by atoms with Crippen molar-refractivity contribution in [2.45, 2.75) is 27.3 Å². The zero-order valence-electron chi connectivity index (χ0n) is 14.2. The number of aliphatic hydroxyl groups excluding tert-OH is 1. The van der Waals surface area contributed by atoms with Crippen LogP contribution < -0.4 is 10.6 Å². The van der Waals surface area contributed by atoms with Crippen molar-refractivity contribution in [1.29, 1.82) is 0 Å². The summed E-state index contributed by atoms with van der Waals surface area (Å²) < 4.78 is 4.65. The van der Waals surface area contributed by atoms with E-state index in [1.807, 2.05) is 26.8 Å². The summed E-state index contributed by atoms with van der Waals surface area (Å²) in [6.45, 7) is 5.28. The number of amides is 2. The molecule has 0 radical (unpaired) electrons. The highest BCUT2D eigenvalue weighted by Gasteiger charge is 2.20. The van der Waals surface area contributed by atoms with E-state index in [-0.39, 0.29) is 25.0 Å². The lowest BCUT2D eigenvalue weighted by atomic mass is 9.95. The number of rotatable bonds is 7. The third-order valence-corrected chi connectivity index (χ3v) is 3.10. The predicted molar refractivity (Wildman–Crippen MR) is 88.1 cm³/mol. The van der Waals surface area contributed by atoms with Crippen molar-refractivity contribution in [2.24, 2.45) is 5.41 Å². The van der Waals surface area contributed by atoms with Crippen LogP contribution in [0.15, 0.2) is 24.3 Å². The van der Waals surface area contributed by atoms with Gasteiger partial charge < -0.3 is 20.5 Å². The van der Waals surface area contributed by atoms with E-state index in [4.69, 9.17) is 5.11 Å². The Balaban J connectivity index is 2.50. The maximum atomic E-state index is 12.0. The van der Waals surface area contributed by atoms with E-state index in [0.717, 1.165) is 5.56 Å². The highest BCUT2D eigenvalue weighted by molar-refractivity contribution is 5.94. The van der Waals surface area contributed by atoms with E-state index in [1.165, 1.54) is 0 Å². The molecule has 0 aliphatic rings. The summed E-state index contributed by atoms with van der Waals surface area (Å²) >= 11 is 0. The Morgan fingerprint density at radius 1 is 1.17 bits per heavy atom. The van der Waals surface area contributed by atoms with Crippen molar-refractivity contribution in [3.05, 3.63) is 35.4 Å². The Hall–Kier alpha value is -2.41. The van der Waals surface area contributed by atoms with Crippen LogP contribution in [0.2, 0.25) is 0 Å². The lowest BCUT2D eigenvalue weighted by Crippen LogP contribution is -2.34. The second-order valence-electron chi connectivity index (χ2n) is 6.27. The largest absolute Gasteiger partial charge is 0.462 e. The van der Waals surface area contributed by atoms with E-state index in [9.17, 15) is 14.4 Å². The molecule has 0 spiro atoms. The smallest absolute Gasteiger partial charge is 0.331 e. The normalized spacial score (nSPS) is 10.8. The first kappa shape index (κ1) is 19.6. The van der Waals surface area contributed by atoms with Crippen molar-refractivity contribution >= 4 is 17.8 Å². The number of hydrogen-bond acceptors (Lipinski definition) is 5. The molecule has 24 heavy (non-hydrogen) atoms. The highest BCUT2D eigenvalue weighted by atomic mass is 16.5. The van der Waals surface area contributed by atoms with Gasteiger partial charge in [0, 0.05) is 17.5 Å². The molecule has 1 aromatic rings. The lowest BCUT2D eigenvalue weighted by molar-refractivity contribution is -0.146. The molecule has 0 aliphatic heterocycles. The molecule has 0 atom stereocenters. The number of aliphatic hydroxyl groups is 1. The zero-order valence-corrected chi connectivity index (χ0v) is 14.2. The van der Waals surface area contributed by atoms with Gasteiger partial charge in [-0.3, -0.25) is 9.59 Å². The summed E-state index contributed by atoms with van der Waals surface area (Å²) in [5.74, 6) is -1.11. The molecule has 2 amide bonds. The van der Waals surface area contributed by atoms with E-state index in [2.05, 4.69) is 15.4 Å². The molecular weight excluding hydrogens is 312 g/mol. The Morgan fingerprint density at radius 3 is 2.50 bits per heavy atom. The minimum absolute atomic E-state index is 0.00748. The van der Waals surface area contributed by atoms with Crippen LogP contribution in [0.4, 0.5) is 0 Å². The van der Waals surface area contributed by atoms with Gasteiger partial charge in [-0.25, -0.2) is 4.79 Å². The van der Waals surface area contributed by atoms with Gasteiger partial charge in [-0.05, 0) is 17.7 Å². The molecule has 0 heterocycles. The molecule has 0 aliphatic carbocycles. The number of benzene rings is 1. The molecule has 1 rings (SSSR count). The van der Waals surface area contributed by atoms with Gasteiger partial charge in [0.05, 0.1) is 6.54 Å². The van der Waals surface area contributed by atoms with Crippen LogP contribution >= 0.6 is 0 Å². The molecular formula is C17H24N2O5. The van der Waals surface area contributed by atoms with Gasteiger partial charge in [0.2, 0.25) is 5.91 Å². The Kier molecular flexibility index (Phi) is 7.38. The van der Waals surface area contributed by atoms with Gasteiger partial charge in [0.15, 0.2) is 0 Å². The third kappa shape index (κ3) is 6.78. The molecule has 132 valence electrons. The second-order valence-corrected chi connectivity index (χ2v) is 6.27. The van der Waals surface area contributed by atoms with Gasteiger partial charge in [0.1, 0.15) is 13.2 Å². The standard InChI is InChI=1S/C17H24N2O5/c1-17(2,3)16(23)19-10-12-5-4-6-13(9-12)15(22)18-7-8-24-14(21)11-20/h4-6,9,20H,7-8,10-11H2,1-3H3,(H,18,22)(H,19,23). The summed E-state index contributed by atoms with van der Waals surface area (Å²) in [5, 5.41) is 13.9. The van der Waals surface area contributed by atoms with Crippen LogP contribution in [-0.2, 0) is 20.9 Å². The zero-order chi connectivity index (χ0) is 18.2. The fourth-order valence-electron chi connectivity index (χ4n) is 1.75. The lowest BCUT2D eigenvalue weighted by Gasteiger charge is -2.17. The van der Waals surface area contributed by atoms with Crippen molar-refractivity contribution in [3.8, 4) is 0 Å². The monoisotopic (exact) mass is 336 g/mol.